The van der Waals surface area contributed by atoms with E-state index in [-0.39, 0.29) is 5.97 Å². The Morgan fingerprint density at radius 1 is 0.964 bits per heavy atom. The summed E-state index contributed by atoms with van der Waals surface area (Å²) >= 11 is 0. The molecule has 0 heterocycles. The van der Waals surface area contributed by atoms with Gasteiger partial charge in [0.15, 0.2) is 0 Å². The highest BCUT2D eigenvalue weighted by atomic mass is 16.5. The molecule has 0 saturated carbocycles. The third-order valence-corrected chi connectivity index (χ3v) is 4.97. The van der Waals surface area contributed by atoms with Gasteiger partial charge in [0.2, 0.25) is 0 Å². The van der Waals surface area contributed by atoms with Crippen molar-refractivity contribution in [2.75, 3.05) is 13.2 Å². The van der Waals surface area contributed by atoms with E-state index in [0.717, 1.165) is 37.9 Å². The molecule has 1 aliphatic carbocycles. The van der Waals surface area contributed by atoms with Crippen LogP contribution in [-0.2, 0) is 16.0 Å². The lowest BCUT2D eigenvalue weighted by molar-refractivity contribution is -0.137. The van der Waals surface area contributed by atoms with Crippen LogP contribution in [0.1, 0.15) is 48.8 Å². The van der Waals surface area contributed by atoms with Gasteiger partial charge >= 0.3 is 5.97 Å². The molecule has 2 aromatic carbocycles. The van der Waals surface area contributed by atoms with E-state index in [1.165, 1.54) is 34.8 Å². The summed E-state index contributed by atoms with van der Waals surface area (Å²) in [5.74, 6) is 0.542. The van der Waals surface area contributed by atoms with Crippen LogP contribution >= 0.6 is 0 Å². The van der Waals surface area contributed by atoms with E-state index < -0.39 is 0 Å². The molecule has 0 radical (unpaired) electrons. The molecule has 0 N–H and O–H groups in total. The van der Waals surface area contributed by atoms with Crippen LogP contribution in [0.3, 0.4) is 0 Å². The SMILES string of the molecule is C=CC(=O)OCCCCCOc1ccc(C2=Cc3ccccc3CCC2)cc1. The normalized spacial score (nSPS) is 13.1. The topological polar surface area (TPSA) is 35.5 Å². The van der Waals surface area contributed by atoms with E-state index in [0.29, 0.717) is 13.2 Å². The van der Waals surface area contributed by atoms with E-state index in [4.69, 9.17) is 9.47 Å². The van der Waals surface area contributed by atoms with Crippen molar-refractivity contribution in [1.82, 2.24) is 0 Å². The molecule has 0 bridgehead atoms. The maximum atomic E-state index is 10.9. The average Bonchev–Trinajstić information content (AvgIpc) is 2.96. The second-order valence-electron chi connectivity index (χ2n) is 7.03. The van der Waals surface area contributed by atoms with Gasteiger partial charge in [0.25, 0.3) is 0 Å². The highest BCUT2D eigenvalue weighted by molar-refractivity contribution is 5.83. The summed E-state index contributed by atoms with van der Waals surface area (Å²) < 4.78 is 10.8. The molecule has 0 aliphatic heterocycles. The highest BCUT2D eigenvalue weighted by Gasteiger charge is 2.10. The van der Waals surface area contributed by atoms with Crippen LogP contribution in [0.15, 0.2) is 61.2 Å². The zero-order valence-electron chi connectivity index (χ0n) is 16.4. The van der Waals surface area contributed by atoms with Crippen LogP contribution < -0.4 is 4.74 Å². The molecule has 28 heavy (non-hydrogen) atoms. The second kappa shape index (κ2) is 10.5. The predicted molar refractivity (Wildman–Crippen MR) is 114 cm³/mol. The Balaban J connectivity index is 1.46. The number of ether oxygens (including phenoxy) is 2. The van der Waals surface area contributed by atoms with Gasteiger partial charge in [-0.3, -0.25) is 0 Å². The minimum atomic E-state index is -0.358. The number of benzene rings is 2. The van der Waals surface area contributed by atoms with E-state index in [1.54, 1.807) is 0 Å². The first-order valence-electron chi connectivity index (χ1n) is 10.1. The summed E-state index contributed by atoms with van der Waals surface area (Å²) in [6, 6.07) is 17.1. The Bertz CT molecular complexity index is 818. The largest absolute Gasteiger partial charge is 0.494 e. The second-order valence-corrected chi connectivity index (χ2v) is 7.03. The Hall–Kier alpha value is -2.81. The van der Waals surface area contributed by atoms with Crippen molar-refractivity contribution in [3.63, 3.8) is 0 Å². The number of carbonyl (C=O) groups is 1. The predicted octanol–water partition coefficient (Wildman–Crippen LogP) is 5.84. The summed E-state index contributed by atoms with van der Waals surface area (Å²) in [7, 11) is 0. The summed E-state index contributed by atoms with van der Waals surface area (Å²) in [4.78, 5) is 10.9. The van der Waals surface area contributed by atoms with Crippen molar-refractivity contribution in [2.24, 2.45) is 0 Å². The first-order valence-corrected chi connectivity index (χ1v) is 10.1. The number of unbranched alkanes of at least 4 members (excludes halogenated alkanes) is 2. The molecule has 0 atom stereocenters. The highest BCUT2D eigenvalue weighted by Crippen LogP contribution is 2.30. The third kappa shape index (κ3) is 5.85. The van der Waals surface area contributed by atoms with Gasteiger partial charge in [0, 0.05) is 6.08 Å². The quantitative estimate of drug-likeness (QED) is 0.313. The van der Waals surface area contributed by atoms with Gasteiger partial charge in [-0.2, -0.15) is 0 Å². The average molecular weight is 376 g/mol. The van der Waals surface area contributed by atoms with Crippen molar-refractivity contribution in [1.29, 1.82) is 0 Å². The Kier molecular flexibility index (Phi) is 7.48. The van der Waals surface area contributed by atoms with Crippen molar-refractivity contribution >= 4 is 17.6 Å². The molecule has 146 valence electrons. The smallest absolute Gasteiger partial charge is 0.330 e. The standard InChI is InChI=1S/C25H28O3/c1-2-25(26)28-18-7-3-6-17-27-24-15-13-21(14-16-24)23-12-8-11-20-9-4-5-10-22(20)19-23/h2,4-5,9-10,13-16,19H,1,3,6-8,11-12,17-18H2. The van der Waals surface area contributed by atoms with Gasteiger partial charge in [-0.25, -0.2) is 4.79 Å². The zero-order chi connectivity index (χ0) is 19.6. The molecule has 0 aromatic heterocycles. The van der Waals surface area contributed by atoms with Crippen LogP contribution in [0.2, 0.25) is 0 Å². The summed E-state index contributed by atoms with van der Waals surface area (Å²) in [5, 5.41) is 0. The molecule has 3 rings (SSSR count). The fourth-order valence-corrected chi connectivity index (χ4v) is 3.43. The Morgan fingerprint density at radius 2 is 1.75 bits per heavy atom. The molecule has 0 spiro atoms. The molecule has 3 nitrogen and oxygen atoms in total. The number of aryl methyl sites for hydroxylation is 1. The van der Waals surface area contributed by atoms with Crippen molar-refractivity contribution < 1.29 is 14.3 Å². The van der Waals surface area contributed by atoms with Crippen LogP contribution in [0.4, 0.5) is 0 Å². The molecular formula is C25H28O3. The molecule has 3 heteroatoms. The first-order chi connectivity index (χ1) is 13.8. The van der Waals surface area contributed by atoms with Gasteiger partial charge in [0.1, 0.15) is 5.75 Å². The summed E-state index contributed by atoms with van der Waals surface area (Å²) in [6.45, 7) is 4.49. The van der Waals surface area contributed by atoms with Crippen LogP contribution in [0.25, 0.3) is 11.6 Å². The molecule has 0 unspecified atom stereocenters. The van der Waals surface area contributed by atoms with Gasteiger partial charge < -0.3 is 9.47 Å². The van der Waals surface area contributed by atoms with Crippen LogP contribution in [0.5, 0.6) is 5.75 Å². The van der Waals surface area contributed by atoms with E-state index in [1.807, 2.05) is 0 Å². The molecule has 0 fully saturated rings. The van der Waals surface area contributed by atoms with E-state index in [9.17, 15) is 4.79 Å². The van der Waals surface area contributed by atoms with Gasteiger partial charge in [0.05, 0.1) is 13.2 Å². The molecule has 2 aromatic rings. The van der Waals surface area contributed by atoms with Gasteiger partial charge in [-0.15, -0.1) is 0 Å². The molecule has 0 amide bonds. The zero-order valence-corrected chi connectivity index (χ0v) is 16.4. The lowest BCUT2D eigenvalue weighted by Crippen LogP contribution is -2.03. The summed E-state index contributed by atoms with van der Waals surface area (Å²) in [6.07, 6.45) is 9.70. The number of carbonyl (C=O) groups excluding carboxylic acids is 1. The molecular weight excluding hydrogens is 348 g/mol. The maximum absolute atomic E-state index is 10.9. The minimum Gasteiger partial charge on any atom is -0.494 e. The summed E-state index contributed by atoms with van der Waals surface area (Å²) in [5.41, 5.74) is 5.45. The molecule has 0 saturated heterocycles. The van der Waals surface area contributed by atoms with E-state index >= 15 is 0 Å². The van der Waals surface area contributed by atoms with Crippen LogP contribution in [0, 0.1) is 0 Å². The molecule has 1 aliphatic rings. The van der Waals surface area contributed by atoms with Crippen molar-refractivity contribution in [2.45, 2.75) is 38.5 Å². The van der Waals surface area contributed by atoms with E-state index in [2.05, 4.69) is 61.2 Å². The lowest BCUT2D eigenvalue weighted by atomic mass is 10.0. The number of rotatable bonds is 9. The number of hydrogen-bond donors (Lipinski definition) is 0. The number of allylic oxidation sites excluding steroid dienone is 1. The first kappa shape index (κ1) is 19.9. The number of fused-ring (bicyclic) bond motifs is 1. The number of esters is 1. The van der Waals surface area contributed by atoms with Crippen molar-refractivity contribution in [3.05, 3.63) is 77.9 Å². The van der Waals surface area contributed by atoms with Gasteiger partial charge in [-0.05, 0) is 72.9 Å². The Labute approximate surface area is 167 Å². The number of hydrogen-bond acceptors (Lipinski definition) is 3. The lowest BCUT2D eigenvalue weighted by Gasteiger charge is -2.09. The Morgan fingerprint density at radius 3 is 2.57 bits per heavy atom. The fourth-order valence-electron chi connectivity index (χ4n) is 3.43. The fraction of sp³-hybridized carbons (Fsp3) is 0.320. The monoisotopic (exact) mass is 376 g/mol. The van der Waals surface area contributed by atoms with Crippen molar-refractivity contribution in [3.8, 4) is 5.75 Å². The van der Waals surface area contributed by atoms with Gasteiger partial charge in [-0.1, -0.05) is 49.1 Å². The van der Waals surface area contributed by atoms with Crippen LogP contribution in [-0.4, -0.2) is 19.2 Å². The minimum absolute atomic E-state index is 0.358. The maximum Gasteiger partial charge on any atom is 0.330 e. The third-order valence-electron chi connectivity index (χ3n) is 4.97.